The minimum atomic E-state index is -0.883. The molecule has 1 saturated heterocycles. The lowest BCUT2D eigenvalue weighted by Crippen LogP contribution is -2.52. The van der Waals surface area contributed by atoms with Crippen molar-refractivity contribution >= 4 is 11.9 Å². The Kier molecular flexibility index (Phi) is 4.99. The van der Waals surface area contributed by atoms with Gasteiger partial charge in [0, 0.05) is 13.0 Å². The van der Waals surface area contributed by atoms with Gasteiger partial charge in [-0.1, -0.05) is 31.2 Å². The zero-order valence-corrected chi connectivity index (χ0v) is 12.7. The third kappa shape index (κ3) is 3.63. The highest BCUT2D eigenvalue weighted by molar-refractivity contribution is 5.84. The number of amides is 1. The van der Waals surface area contributed by atoms with Crippen LogP contribution in [0.25, 0.3) is 0 Å². The molecule has 21 heavy (non-hydrogen) atoms. The molecule has 1 N–H and O–H groups in total. The number of aryl methyl sites for hydroxylation is 2. The van der Waals surface area contributed by atoms with E-state index >= 15 is 0 Å². The molecule has 4 heteroatoms. The van der Waals surface area contributed by atoms with Gasteiger partial charge in [-0.2, -0.15) is 0 Å². The Morgan fingerprint density at radius 1 is 1.33 bits per heavy atom. The third-order valence-electron chi connectivity index (χ3n) is 4.38. The molecule has 0 aliphatic carbocycles. The van der Waals surface area contributed by atoms with Crippen LogP contribution < -0.4 is 0 Å². The van der Waals surface area contributed by atoms with Crippen molar-refractivity contribution in [1.82, 2.24) is 4.90 Å². The zero-order valence-electron chi connectivity index (χ0n) is 12.7. The van der Waals surface area contributed by atoms with Gasteiger partial charge >= 0.3 is 5.97 Å². The first-order valence-electron chi connectivity index (χ1n) is 7.57. The molecule has 2 atom stereocenters. The lowest BCUT2D eigenvalue weighted by molar-refractivity contribution is -0.154. The predicted octanol–water partition coefficient (Wildman–Crippen LogP) is 2.64. The highest BCUT2D eigenvalue weighted by atomic mass is 16.4. The summed E-state index contributed by atoms with van der Waals surface area (Å²) in [6, 6.07) is 7.34. The van der Waals surface area contributed by atoms with Crippen molar-refractivity contribution in [3.63, 3.8) is 0 Å². The summed E-state index contributed by atoms with van der Waals surface area (Å²) in [5.41, 5.74) is 2.33. The summed E-state index contributed by atoms with van der Waals surface area (Å²) in [5.74, 6) is -0.901. The fraction of sp³-hybridized carbons (Fsp3) is 0.529. The van der Waals surface area contributed by atoms with E-state index in [1.807, 2.05) is 38.1 Å². The van der Waals surface area contributed by atoms with Crippen LogP contribution in [0, 0.1) is 12.8 Å². The first-order chi connectivity index (χ1) is 10.0. The molecule has 0 aromatic heterocycles. The van der Waals surface area contributed by atoms with Crippen LogP contribution in [-0.2, 0) is 16.0 Å². The van der Waals surface area contributed by atoms with Gasteiger partial charge in [0.1, 0.15) is 6.04 Å². The van der Waals surface area contributed by atoms with E-state index in [0.29, 0.717) is 19.4 Å². The van der Waals surface area contributed by atoms with E-state index in [-0.39, 0.29) is 11.8 Å². The van der Waals surface area contributed by atoms with Crippen molar-refractivity contribution < 1.29 is 14.7 Å². The van der Waals surface area contributed by atoms with E-state index in [0.717, 1.165) is 18.4 Å². The smallest absolute Gasteiger partial charge is 0.326 e. The highest BCUT2D eigenvalue weighted by Gasteiger charge is 2.36. The maximum Gasteiger partial charge on any atom is 0.326 e. The topological polar surface area (TPSA) is 57.6 Å². The first kappa shape index (κ1) is 15.5. The number of rotatable bonds is 4. The number of carboxylic acids is 1. The normalized spacial score (nSPS) is 22.1. The Morgan fingerprint density at radius 3 is 2.71 bits per heavy atom. The number of hydrogen-bond acceptors (Lipinski definition) is 2. The molecule has 114 valence electrons. The molecular formula is C17H23NO3. The molecule has 0 radical (unpaired) electrons. The molecule has 0 spiro atoms. The highest BCUT2D eigenvalue weighted by Crippen LogP contribution is 2.24. The van der Waals surface area contributed by atoms with Gasteiger partial charge < -0.3 is 10.0 Å². The molecule has 0 bridgehead atoms. The number of piperidine rings is 1. The van der Waals surface area contributed by atoms with Gasteiger partial charge in [0.2, 0.25) is 5.91 Å². The minimum absolute atomic E-state index is 0.0265. The second-order valence-electron chi connectivity index (χ2n) is 5.92. The van der Waals surface area contributed by atoms with Crippen LogP contribution >= 0.6 is 0 Å². The van der Waals surface area contributed by atoms with Crippen LogP contribution in [0.2, 0.25) is 0 Å². The molecule has 1 aromatic rings. The first-order valence-corrected chi connectivity index (χ1v) is 7.57. The third-order valence-corrected chi connectivity index (χ3v) is 4.38. The van der Waals surface area contributed by atoms with Gasteiger partial charge in [-0.05, 0) is 43.2 Å². The van der Waals surface area contributed by atoms with E-state index in [1.165, 1.54) is 5.56 Å². The second-order valence-corrected chi connectivity index (χ2v) is 5.92. The number of carbonyl (C=O) groups is 2. The summed E-state index contributed by atoms with van der Waals surface area (Å²) in [4.78, 5) is 25.4. The van der Waals surface area contributed by atoms with Crippen LogP contribution in [-0.4, -0.2) is 34.5 Å². The van der Waals surface area contributed by atoms with E-state index in [1.54, 1.807) is 4.90 Å². The molecule has 1 fully saturated rings. The minimum Gasteiger partial charge on any atom is -0.480 e. The van der Waals surface area contributed by atoms with Crippen molar-refractivity contribution in [3.05, 3.63) is 35.4 Å². The van der Waals surface area contributed by atoms with Crippen molar-refractivity contribution in [2.24, 2.45) is 5.92 Å². The summed E-state index contributed by atoms with van der Waals surface area (Å²) in [6.45, 7) is 4.51. The number of likely N-dealkylation sites (tertiary alicyclic amines) is 1. The largest absolute Gasteiger partial charge is 0.480 e. The van der Waals surface area contributed by atoms with E-state index in [9.17, 15) is 14.7 Å². The fourth-order valence-corrected chi connectivity index (χ4v) is 3.12. The SMILES string of the molecule is Cc1ccccc1CCC(=O)N1CCCC(C)C1C(=O)O. The van der Waals surface area contributed by atoms with E-state index in [4.69, 9.17) is 0 Å². The van der Waals surface area contributed by atoms with Crippen molar-refractivity contribution in [2.75, 3.05) is 6.54 Å². The zero-order chi connectivity index (χ0) is 15.4. The quantitative estimate of drug-likeness (QED) is 0.927. The molecule has 2 rings (SSSR count). The number of carboxylic acid groups (broad SMARTS) is 1. The van der Waals surface area contributed by atoms with Crippen LogP contribution in [0.1, 0.15) is 37.3 Å². The Bertz CT molecular complexity index is 527. The molecule has 1 aliphatic heterocycles. The van der Waals surface area contributed by atoms with Crippen LogP contribution in [0.15, 0.2) is 24.3 Å². The summed E-state index contributed by atoms with van der Waals surface area (Å²) >= 11 is 0. The van der Waals surface area contributed by atoms with Gasteiger partial charge in [0.25, 0.3) is 0 Å². The molecule has 1 amide bonds. The number of carbonyl (C=O) groups excluding carboxylic acids is 1. The van der Waals surface area contributed by atoms with E-state index in [2.05, 4.69) is 0 Å². The van der Waals surface area contributed by atoms with Crippen molar-refractivity contribution in [2.45, 2.75) is 45.6 Å². The van der Waals surface area contributed by atoms with Crippen molar-refractivity contribution in [1.29, 1.82) is 0 Å². The standard InChI is InChI=1S/C17H23NO3/c1-12-6-3-4-8-14(12)9-10-15(19)18-11-5-7-13(2)16(18)17(20)21/h3-4,6,8,13,16H,5,7,9-11H2,1-2H3,(H,20,21). The molecule has 1 heterocycles. The summed E-state index contributed by atoms with van der Waals surface area (Å²) in [5, 5.41) is 9.36. The Balaban J connectivity index is 2.02. The van der Waals surface area contributed by atoms with Gasteiger partial charge in [0.15, 0.2) is 0 Å². The summed E-state index contributed by atoms with van der Waals surface area (Å²) in [6.07, 6.45) is 2.81. The fourth-order valence-electron chi connectivity index (χ4n) is 3.12. The van der Waals surface area contributed by atoms with Gasteiger partial charge in [-0.3, -0.25) is 4.79 Å². The number of hydrogen-bond donors (Lipinski definition) is 1. The molecule has 1 aromatic carbocycles. The molecular weight excluding hydrogens is 266 g/mol. The average Bonchev–Trinajstić information content (AvgIpc) is 2.45. The number of aliphatic carboxylic acids is 1. The predicted molar refractivity (Wildman–Crippen MR) is 81.0 cm³/mol. The molecule has 0 saturated carbocycles. The van der Waals surface area contributed by atoms with Gasteiger partial charge in [-0.25, -0.2) is 4.79 Å². The van der Waals surface area contributed by atoms with Crippen molar-refractivity contribution in [3.8, 4) is 0 Å². The molecule has 4 nitrogen and oxygen atoms in total. The average molecular weight is 289 g/mol. The van der Waals surface area contributed by atoms with Gasteiger partial charge in [-0.15, -0.1) is 0 Å². The number of benzene rings is 1. The van der Waals surface area contributed by atoms with Gasteiger partial charge in [0.05, 0.1) is 0 Å². The Labute approximate surface area is 125 Å². The number of nitrogens with zero attached hydrogens (tertiary/aromatic N) is 1. The summed E-state index contributed by atoms with van der Waals surface area (Å²) < 4.78 is 0. The summed E-state index contributed by atoms with van der Waals surface area (Å²) in [7, 11) is 0. The lowest BCUT2D eigenvalue weighted by atomic mass is 9.90. The molecule has 2 unspecified atom stereocenters. The molecule has 1 aliphatic rings. The lowest BCUT2D eigenvalue weighted by Gasteiger charge is -2.37. The van der Waals surface area contributed by atoms with Crippen LogP contribution in [0.3, 0.4) is 0 Å². The van der Waals surface area contributed by atoms with E-state index < -0.39 is 12.0 Å². The maximum absolute atomic E-state index is 12.4. The van der Waals surface area contributed by atoms with Crippen LogP contribution in [0.5, 0.6) is 0 Å². The Morgan fingerprint density at radius 2 is 2.05 bits per heavy atom. The maximum atomic E-state index is 12.4. The Hall–Kier alpha value is -1.84. The second kappa shape index (κ2) is 6.74. The van der Waals surface area contributed by atoms with Crippen LogP contribution in [0.4, 0.5) is 0 Å². The monoisotopic (exact) mass is 289 g/mol.